The molecule has 1 fully saturated rings. The maximum atomic E-state index is 12.9. The summed E-state index contributed by atoms with van der Waals surface area (Å²) in [6.45, 7) is 2.10. The summed E-state index contributed by atoms with van der Waals surface area (Å²) in [6, 6.07) is 14.1. The molecule has 2 aromatic carbocycles. The normalized spacial score (nSPS) is 22.6. The molecule has 0 heterocycles. The van der Waals surface area contributed by atoms with E-state index in [9.17, 15) is 8.78 Å². The summed E-state index contributed by atoms with van der Waals surface area (Å²) in [6.07, 6.45) is 2.13. The van der Waals surface area contributed by atoms with Crippen LogP contribution in [0.5, 0.6) is 0 Å². The van der Waals surface area contributed by atoms with Crippen molar-refractivity contribution in [2.45, 2.75) is 37.8 Å². The van der Waals surface area contributed by atoms with E-state index in [1.54, 1.807) is 0 Å². The quantitative estimate of drug-likeness (QED) is 0.869. The molecular formula is C18H19F2N. The minimum Gasteiger partial charge on any atom is -0.307 e. The second kappa shape index (κ2) is 5.94. The van der Waals surface area contributed by atoms with E-state index < -0.39 is 0 Å². The van der Waals surface area contributed by atoms with Crippen molar-refractivity contribution < 1.29 is 8.78 Å². The van der Waals surface area contributed by atoms with Crippen molar-refractivity contribution >= 4 is 0 Å². The highest BCUT2D eigenvalue weighted by atomic mass is 19.1. The lowest BCUT2D eigenvalue weighted by atomic mass is 9.75. The summed E-state index contributed by atoms with van der Waals surface area (Å²) >= 11 is 0. The first-order valence-electron chi connectivity index (χ1n) is 7.39. The summed E-state index contributed by atoms with van der Waals surface area (Å²) in [5, 5.41) is 3.57. The van der Waals surface area contributed by atoms with E-state index in [0.29, 0.717) is 12.0 Å². The lowest BCUT2D eigenvalue weighted by Gasteiger charge is -2.38. The van der Waals surface area contributed by atoms with Crippen LogP contribution in [0.25, 0.3) is 0 Å². The molecule has 1 aliphatic carbocycles. The zero-order valence-electron chi connectivity index (χ0n) is 12.0. The smallest absolute Gasteiger partial charge is 0.123 e. The van der Waals surface area contributed by atoms with Gasteiger partial charge in [0.1, 0.15) is 11.6 Å². The number of hydrogen-bond acceptors (Lipinski definition) is 1. The molecule has 1 N–H and O–H groups in total. The molecule has 0 saturated heterocycles. The predicted octanol–water partition coefficient (Wildman–Crippen LogP) is 4.56. The van der Waals surface area contributed by atoms with E-state index in [1.807, 2.05) is 24.3 Å². The van der Waals surface area contributed by atoms with Crippen molar-refractivity contribution in [3.8, 4) is 0 Å². The average molecular weight is 287 g/mol. The number of rotatable bonds is 4. The van der Waals surface area contributed by atoms with Gasteiger partial charge in [0, 0.05) is 12.1 Å². The maximum Gasteiger partial charge on any atom is 0.123 e. The zero-order valence-corrected chi connectivity index (χ0v) is 12.0. The molecule has 0 spiro atoms. The van der Waals surface area contributed by atoms with Crippen molar-refractivity contribution in [2.24, 2.45) is 0 Å². The lowest BCUT2D eigenvalue weighted by molar-refractivity contribution is 0.271. The van der Waals surface area contributed by atoms with Gasteiger partial charge in [0.25, 0.3) is 0 Å². The molecule has 0 aliphatic heterocycles. The van der Waals surface area contributed by atoms with Gasteiger partial charge in [-0.2, -0.15) is 0 Å². The summed E-state index contributed by atoms with van der Waals surface area (Å²) in [4.78, 5) is 0. The topological polar surface area (TPSA) is 12.0 Å². The van der Waals surface area contributed by atoms with Crippen LogP contribution in [0, 0.1) is 11.6 Å². The molecule has 0 amide bonds. The van der Waals surface area contributed by atoms with Crippen LogP contribution in [0.1, 0.15) is 42.9 Å². The maximum absolute atomic E-state index is 12.9. The molecule has 2 aromatic rings. The molecule has 1 saturated carbocycles. The van der Waals surface area contributed by atoms with Crippen molar-refractivity contribution in [3.63, 3.8) is 0 Å². The average Bonchev–Trinajstić information content (AvgIpc) is 2.44. The van der Waals surface area contributed by atoms with E-state index in [0.717, 1.165) is 18.4 Å². The summed E-state index contributed by atoms with van der Waals surface area (Å²) in [5.74, 6) is 0.132. The van der Waals surface area contributed by atoms with Crippen molar-refractivity contribution in [1.82, 2.24) is 5.32 Å². The molecule has 1 aliphatic rings. The van der Waals surface area contributed by atoms with Gasteiger partial charge in [-0.25, -0.2) is 8.78 Å². The summed E-state index contributed by atoms with van der Waals surface area (Å²) in [5.41, 5.74) is 2.31. The Morgan fingerprint density at radius 3 is 2.00 bits per heavy atom. The Balaban J connectivity index is 1.52. The molecule has 0 unspecified atom stereocenters. The zero-order chi connectivity index (χ0) is 14.8. The lowest BCUT2D eigenvalue weighted by Crippen LogP contribution is -2.41. The first kappa shape index (κ1) is 14.2. The molecule has 1 atom stereocenters. The predicted molar refractivity (Wildman–Crippen MR) is 80.1 cm³/mol. The molecular weight excluding hydrogens is 268 g/mol. The fourth-order valence-electron chi connectivity index (χ4n) is 2.96. The van der Waals surface area contributed by atoms with Crippen LogP contribution in [0.3, 0.4) is 0 Å². The molecule has 0 aromatic heterocycles. The highest BCUT2D eigenvalue weighted by Gasteiger charge is 2.31. The Bertz CT molecular complexity index is 586. The van der Waals surface area contributed by atoms with E-state index in [-0.39, 0.29) is 17.7 Å². The summed E-state index contributed by atoms with van der Waals surface area (Å²) < 4.78 is 25.8. The molecule has 1 nitrogen and oxygen atoms in total. The summed E-state index contributed by atoms with van der Waals surface area (Å²) in [7, 11) is 0. The Kier molecular flexibility index (Phi) is 4.02. The molecule has 0 bridgehead atoms. The first-order chi connectivity index (χ1) is 10.1. The molecule has 110 valence electrons. The number of hydrogen-bond donors (Lipinski definition) is 1. The number of nitrogens with one attached hydrogen (secondary N) is 1. The van der Waals surface area contributed by atoms with Crippen LogP contribution in [-0.4, -0.2) is 6.04 Å². The number of halogens is 2. The van der Waals surface area contributed by atoms with Gasteiger partial charge in [-0.15, -0.1) is 0 Å². The largest absolute Gasteiger partial charge is 0.307 e. The second-order valence-corrected chi connectivity index (χ2v) is 5.86. The van der Waals surface area contributed by atoms with Gasteiger partial charge >= 0.3 is 0 Å². The Labute approximate surface area is 124 Å². The SMILES string of the molecule is C[C@@H](NC1CC(c2ccc(F)cc2)C1)c1ccc(F)cc1. The first-order valence-corrected chi connectivity index (χ1v) is 7.39. The minimum atomic E-state index is -0.203. The third-order valence-electron chi connectivity index (χ3n) is 4.34. The molecule has 3 rings (SSSR count). The fourth-order valence-corrected chi connectivity index (χ4v) is 2.96. The van der Waals surface area contributed by atoms with Crippen LogP contribution in [0.2, 0.25) is 0 Å². The van der Waals surface area contributed by atoms with Crippen LogP contribution in [0.15, 0.2) is 48.5 Å². The van der Waals surface area contributed by atoms with Crippen molar-refractivity contribution in [2.75, 3.05) is 0 Å². The Morgan fingerprint density at radius 1 is 0.905 bits per heavy atom. The van der Waals surface area contributed by atoms with Gasteiger partial charge in [-0.05, 0) is 61.1 Å². The van der Waals surface area contributed by atoms with Crippen molar-refractivity contribution in [3.05, 3.63) is 71.3 Å². The minimum absolute atomic E-state index is 0.183. The molecule has 0 radical (unpaired) electrons. The van der Waals surface area contributed by atoms with Gasteiger partial charge in [-0.1, -0.05) is 24.3 Å². The Morgan fingerprint density at radius 2 is 1.43 bits per heavy atom. The standard InChI is InChI=1S/C18H19F2N/c1-12(13-2-6-16(19)7-3-13)21-18-10-15(11-18)14-4-8-17(20)9-5-14/h2-9,12,15,18,21H,10-11H2,1H3/t12-,15?,18?/m1/s1. The van der Waals surface area contributed by atoms with Crippen LogP contribution >= 0.6 is 0 Å². The Hall–Kier alpha value is -1.74. The van der Waals surface area contributed by atoms with E-state index >= 15 is 0 Å². The highest BCUT2D eigenvalue weighted by Crippen LogP contribution is 2.37. The fraction of sp³-hybridized carbons (Fsp3) is 0.333. The van der Waals surface area contributed by atoms with Gasteiger partial charge in [0.05, 0.1) is 0 Å². The highest BCUT2D eigenvalue weighted by molar-refractivity contribution is 5.24. The van der Waals surface area contributed by atoms with Crippen molar-refractivity contribution in [1.29, 1.82) is 0 Å². The van der Waals surface area contributed by atoms with Gasteiger partial charge in [-0.3, -0.25) is 0 Å². The van der Waals surface area contributed by atoms with Gasteiger partial charge in [0.15, 0.2) is 0 Å². The second-order valence-electron chi connectivity index (χ2n) is 5.86. The van der Waals surface area contributed by atoms with E-state index in [2.05, 4.69) is 12.2 Å². The van der Waals surface area contributed by atoms with Gasteiger partial charge < -0.3 is 5.32 Å². The van der Waals surface area contributed by atoms with Crippen LogP contribution in [-0.2, 0) is 0 Å². The van der Waals surface area contributed by atoms with Gasteiger partial charge in [0.2, 0.25) is 0 Å². The monoisotopic (exact) mass is 287 g/mol. The molecule has 3 heteroatoms. The number of benzene rings is 2. The van der Waals surface area contributed by atoms with Crippen LogP contribution < -0.4 is 5.32 Å². The van der Waals surface area contributed by atoms with E-state index in [1.165, 1.54) is 29.8 Å². The van der Waals surface area contributed by atoms with E-state index in [4.69, 9.17) is 0 Å². The van der Waals surface area contributed by atoms with Crippen LogP contribution in [0.4, 0.5) is 8.78 Å². The molecule has 21 heavy (non-hydrogen) atoms. The third-order valence-corrected chi connectivity index (χ3v) is 4.34. The third kappa shape index (κ3) is 3.30.